The number of rotatable bonds is 3. The molecule has 0 spiro atoms. The molecular formula is C19H23N3O2. The van der Waals surface area contributed by atoms with Crippen LogP contribution in [0.2, 0.25) is 0 Å². The number of benzene rings is 1. The van der Waals surface area contributed by atoms with Crippen molar-refractivity contribution >= 4 is 5.91 Å². The average Bonchev–Trinajstić information content (AvgIpc) is 3.00. The zero-order valence-electron chi connectivity index (χ0n) is 14.0. The monoisotopic (exact) mass is 325 g/mol. The van der Waals surface area contributed by atoms with Crippen molar-refractivity contribution in [3.63, 3.8) is 0 Å². The zero-order valence-corrected chi connectivity index (χ0v) is 14.0. The van der Waals surface area contributed by atoms with Crippen molar-refractivity contribution in [3.8, 4) is 17.0 Å². The Morgan fingerprint density at radius 3 is 3.04 bits per heavy atom. The lowest BCUT2D eigenvalue weighted by Crippen LogP contribution is -2.42. The zero-order chi connectivity index (χ0) is 16.5. The summed E-state index contributed by atoms with van der Waals surface area (Å²) in [6, 6.07) is 8.22. The number of hydrogen-bond acceptors (Lipinski definition) is 3. The van der Waals surface area contributed by atoms with Crippen molar-refractivity contribution in [1.82, 2.24) is 15.1 Å². The summed E-state index contributed by atoms with van der Waals surface area (Å²) in [6.07, 6.45) is 6.57. The van der Waals surface area contributed by atoms with Gasteiger partial charge in [0, 0.05) is 17.2 Å². The third kappa shape index (κ3) is 2.79. The van der Waals surface area contributed by atoms with Gasteiger partial charge in [0.05, 0.1) is 11.9 Å². The molecule has 1 aliphatic carbocycles. The van der Waals surface area contributed by atoms with E-state index in [4.69, 9.17) is 4.74 Å². The summed E-state index contributed by atoms with van der Waals surface area (Å²) in [5.41, 5.74) is 3.05. The van der Waals surface area contributed by atoms with Crippen LogP contribution < -0.4 is 10.1 Å². The molecule has 1 aliphatic heterocycles. The Balaban J connectivity index is 1.52. The fourth-order valence-corrected chi connectivity index (χ4v) is 3.82. The Kier molecular flexibility index (Phi) is 4.00. The maximum atomic E-state index is 12.5. The predicted molar refractivity (Wildman–Crippen MR) is 91.6 cm³/mol. The SMILES string of the molecule is C[C@@H]1CCCC[C@H]1NC(=O)Cn1ncc2c1-c1ccccc1OC2. The number of fused-ring (bicyclic) bond motifs is 3. The lowest BCUT2D eigenvalue weighted by atomic mass is 9.86. The van der Waals surface area contributed by atoms with E-state index in [0.29, 0.717) is 18.6 Å². The molecule has 0 radical (unpaired) electrons. The van der Waals surface area contributed by atoms with E-state index in [2.05, 4.69) is 17.3 Å². The minimum atomic E-state index is 0.0450. The largest absolute Gasteiger partial charge is 0.488 e. The molecule has 2 atom stereocenters. The van der Waals surface area contributed by atoms with Crippen molar-refractivity contribution in [1.29, 1.82) is 0 Å². The van der Waals surface area contributed by atoms with Crippen LogP contribution in [0.25, 0.3) is 11.3 Å². The minimum Gasteiger partial charge on any atom is -0.488 e. The van der Waals surface area contributed by atoms with Gasteiger partial charge >= 0.3 is 0 Å². The summed E-state index contributed by atoms with van der Waals surface area (Å²) in [5.74, 6) is 1.46. The van der Waals surface area contributed by atoms with Crippen molar-refractivity contribution < 1.29 is 9.53 Å². The highest BCUT2D eigenvalue weighted by Crippen LogP contribution is 2.37. The van der Waals surface area contributed by atoms with E-state index in [1.54, 1.807) is 4.68 Å². The van der Waals surface area contributed by atoms with E-state index in [1.165, 1.54) is 19.3 Å². The second-order valence-electron chi connectivity index (χ2n) is 6.90. The number of carbonyl (C=O) groups excluding carboxylic acids is 1. The molecule has 1 N–H and O–H groups in total. The van der Waals surface area contributed by atoms with Gasteiger partial charge in [-0.2, -0.15) is 5.10 Å². The third-order valence-electron chi connectivity index (χ3n) is 5.19. The molecule has 0 unspecified atom stereocenters. The molecule has 5 heteroatoms. The second-order valence-corrected chi connectivity index (χ2v) is 6.90. The van der Waals surface area contributed by atoms with Crippen molar-refractivity contribution in [2.24, 2.45) is 5.92 Å². The molecule has 126 valence electrons. The van der Waals surface area contributed by atoms with Gasteiger partial charge in [0.25, 0.3) is 0 Å². The van der Waals surface area contributed by atoms with Crippen LogP contribution in [0.15, 0.2) is 30.5 Å². The first-order valence-electron chi connectivity index (χ1n) is 8.78. The standard InChI is InChI=1S/C19H23N3O2/c1-13-6-2-4-8-16(13)21-18(23)11-22-19-14(10-20-22)12-24-17-9-5-3-7-15(17)19/h3,5,7,9-10,13,16H,2,4,6,8,11-12H2,1H3,(H,21,23)/t13-,16-/m1/s1. The molecule has 2 aromatic rings. The van der Waals surface area contributed by atoms with E-state index in [0.717, 1.165) is 29.0 Å². The molecule has 0 bridgehead atoms. The van der Waals surface area contributed by atoms with Crippen molar-refractivity contribution in [2.45, 2.75) is 51.8 Å². The lowest BCUT2D eigenvalue weighted by molar-refractivity contribution is -0.123. The highest BCUT2D eigenvalue weighted by atomic mass is 16.5. The van der Waals surface area contributed by atoms with Crippen LogP contribution >= 0.6 is 0 Å². The summed E-state index contributed by atoms with van der Waals surface area (Å²) in [7, 11) is 0. The Morgan fingerprint density at radius 1 is 1.33 bits per heavy atom. The van der Waals surface area contributed by atoms with Crippen LogP contribution in [-0.2, 0) is 17.9 Å². The fraction of sp³-hybridized carbons (Fsp3) is 0.474. The van der Waals surface area contributed by atoms with E-state index < -0.39 is 0 Å². The van der Waals surface area contributed by atoms with Crippen LogP contribution in [0, 0.1) is 5.92 Å². The van der Waals surface area contributed by atoms with Crippen molar-refractivity contribution in [3.05, 3.63) is 36.0 Å². The van der Waals surface area contributed by atoms with Gasteiger partial charge in [-0.1, -0.05) is 31.9 Å². The maximum Gasteiger partial charge on any atom is 0.241 e. The molecule has 0 saturated heterocycles. The predicted octanol–water partition coefficient (Wildman–Crippen LogP) is 3.14. The smallest absolute Gasteiger partial charge is 0.241 e. The highest BCUT2D eigenvalue weighted by Gasteiger charge is 2.25. The number of hydrogen-bond donors (Lipinski definition) is 1. The molecule has 1 aromatic heterocycles. The fourth-order valence-electron chi connectivity index (χ4n) is 3.82. The first kappa shape index (κ1) is 15.2. The summed E-state index contributed by atoms with van der Waals surface area (Å²) >= 11 is 0. The first-order valence-corrected chi connectivity index (χ1v) is 8.78. The Labute approximate surface area is 142 Å². The molecule has 4 rings (SSSR count). The van der Waals surface area contributed by atoms with Gasteiger partial charge in [-0.3, -0.25) is 9.48 Å². The third-order valence-corrected chi connectivity index (χ3v) is 5.19. The molecule has 2 heterocycles. The van der Waals surface area contributed by atoms with Gasteiger partial charge in [-0.05, 0) is 30.9 Å². The van der Waals surface area contributed by atoms with Crippen LogP contribution in [0.4, 0.5) is 0 Å². The number of nitrogens with zero attached hydrogens (tertiary/aromatic N) is 2. The van der Waals surface area contributed by atoms with Gasteiger partial charge in [-0.15, -0.1) is 0 Å². The quantitative estimate of drug-likeness (QED) is 0.943. The van der Waals surface area contributed by atoms with Gasteiger partial charge < -0.3 is 10.1 Å². The van der Waals surface area contributed by atoms with Gasteiger partial charge in [-0.25, -0.2) is 0 Å². The Hall–Kier alpha value is -2.30. The van der Waals surface area contributed by atoms with Crippen LogP contribution in [0.1, 0.15) is 38.2 Å². The molecular weight excluding hydrogens is 302 g/mol. The molecule has 5 nitrogen and oxygen atoms in total. The molecule has 2 aliphatic rings. The molecule has 24 heavy (non-hydrogen) atoms. The normalized spacial score (nSPS) is 22.2. The van der Waals surface area contributed by atoms with Gasteiger partial charge in [0.1, 0.15) is 18.9 Å². The second kappa shape index (κ2) is 6.30. The van der Waals surface area contributed by atoms with E-state index in [-0.39, 0.29) is 12.5 Å². The molecule has 1 amide bonds. The molecule has 1 aromatic carbocycles. The first-order chi connectivity index (χ1) is 11.7. The maximum absolute atomic E-state index is 12.5. The summed E-state index contributed by atoms with van der Waals surface area (Å²) in [5, 5.41) is 7.63. The average molecular weight is 325 g/mol. The topological polar surface area (TPSA) is 56.2 Å². The van der Waals surface area contributed by atoms with Gasteiger partial charge in [0.15, 0.2) is 0 Å². The molecule has 1 saturated carbocycles. The van der Waals surface area contributed by atoms with Crippen LogP contribution in [0.5, 0.6) is 5.75 Å². The number of nitrogens with one attached hydrogen (secondary N) is 1. The number of carbonyl (C=O) groups is 1. The van der Waals surface area contributed by atoms with Gasteiger partial charge in [0.2, 0.25) is 5.91 Å². The van der Waals surface area contributed by atoms with E-state index in [9.17, 15) is 4.79 Å². The summed E-state index contributed by atoms with van der Waals surface area (Å²) in [6.45, 7) is 2.99. The lowest BCUT2D eigenvalue weighted by Gasteiger charge is -2.29. The minimum absolute atomic E-state index is 0.0450. The number of aromatic nitrogens is 2. The van der Waals surface area contributed by atoms with E-state index in [1.807, 2.05) is 30.5 Å². The highest BCUT2D eigenvalue weighted by molar-refractivity contribution is 5.78. The Bertz CT molecular complexity index is 753. The Morgan fingerprint density at radius 2 is 2.17 bits per heavy atom. The van der Waals surface area contributed by atoms with Crippen LogP contribution in [-0.4, -0.2) is 21.7 Å². The van der Waals surface area contributed by atoms with E-state index >= 15 is 0 Å². The summed E-state index contributed by atoms with van der Waals surface area (Å²) in [4.78, 5) is 12.5. The number of amides is 1. The molecule has 1 fully saturated rings. The number of ether oxygens (including phenoxy) is 1. The van der Waals surface area contributed by atoms with Crippen molar-refractivity contribution in [2.75, 3.05) is 0 Å². The number of para-hydroxylation sites is 1. The summed E-state index contributed by atoms with van der Waals surface area (Å²) < 4.78 is 7.55. The van der Waals surface area contributed by atoms with Crippen LogP contribution in [0.3, 0.4) is 0 Å².